The summed E-state index contributed by atoms with van der Waals surface area (Å²) < 4.78 is 18.9. The van der Waals surface area contributed by atoms with Crippen LogP contribution in [0.2, 0.25) is 0 Å². The van der Waals surface area contributed by atoms with E-state index in [1.54, 1.807) is 18.2 Å². The van der Waals surface area contributed by atoms with Gasteiger partial charge in [-0.25, -0.2) is 4.39 Å². The number of aliphatic hydroxyl groups excluding tert-OH is 1. The van der Waals surface area contributed by atoms with Gasteiger partial charge in [-0.15, -0.1) is 0 Å². The number of hydrogen-bond donors (Lipinski definition) is 1. The van der Waals surface area contributed by atoms with Crippen LogP contribution in [0.3, 0.4) is 0 Å². The van der Waals surface area contributed by atoms with Gasteiger partial charge in [0.15, 0.2) is 11.6 Å². The molecule has 24 heavy (non-hydrogen) atoms. The van der Waals surface area contributed by atoms with Crippen molar-refractivity contribution in [3.63, 3.8) is 0 Å². The van der Waals surface area contributed by atoms with Crippen LogP contribution in [-0.4, -0.2) is 59.8 Å². The summed E-state index contributed by atoms with van der Waals surface area (Å²) in [6, 6.07) is 6.53. The van der Waals surface area contributed by atoms with Gasteiger partial charge in [-0.1, -0.05) is 32.9 Å². The minimum atomic E-state index is -0.644. The molecule has 0 spiro atoms. The van der Waals surface area contributed by atoms with Gasteiger partial charge < -0.3 is 9.84 Å². The average molecular weight is 337 g/mol. The maximum Gasteiger partial charge on any atom is 0.165 e. The lowest BCUT2D eigenvalue weighted by Crippen LogP contribution is -2.52. The zero-order valence-corrected chi connectivity index (χ0v) is 15.2. The van der Waals surface area contributed by atoms with E-state index in [1.807, 2.05) is 0 Å². The Morgan fingerprint density at radius 1 is 1.29 bits per heavy atom. The minimum Gasteiger partial charge on any atom is -0.488 e. The highest BCUT2D eigenvalue weighted by Crippen LogP contribution is 2.21. The third kappa shape index (κ3) is 6.04. The largest absolute Gasteiger partial charge is 0.488 e. The second kappa shape index (κ2) is 8.28. The molecule has 2 atom stereocenters. The van der Waals surface area contributed by atoms with E-state index in [2.05, 4.69) is 44.0 Å². The molecule has 1 fully saturated rings. The predicted octanol–water partition coefficient (Wildman–Crippen LogP) is 2.78. The summed E-state index contributed by atoms with van der Waals surface area (Å²) in [5.41, 5.74) is 0.269. The Morgan fingerprint density at radius 2 is 2.00 bits per heavy atom. The highest BCUT2D eigenvalue weighted by atomic mass is 19.1. The van der Waals surface area contributed by atoms with Crippen molar-refractivity contribution in [1.29, 1.82) is 0 Å². The molecule has 1 aromatic carbocycles. The first-order valence-corrected chi connectivity index (χ1v) is 8.63. The first-order valence-electron chi connectivity index (χ1n) is 8.63. The quantitative estimate of drug-likeness (QED) is 0.866. The van der Waals surface area contributed by atoms with E-state index in [0.29, 0.717) is 6.54 Å². The molecule has 0 bridgehead atoms. The summed E-state index contributed by atoms with van der Waals surface area (Å²) in [5, 5.41) is 10.2. The zero-order valence-electron chi connectivity index (χ0n) is 15.2. The molecule has 2 unspecified atom stereocenters. The molecule has 5 heteroatoms. The summed E-state index contributed by atoms with van der Waals surface area (Å²) in [6.07, 6.45) is -0.644. The zero-order chi connectivity index (χ0) is 17.7. The van der Waals surface area contributed by atoms with E-state index in [4.69, 9.17) is 4.74 Å². The van der Waals surface area contributed by atoms with Crippen molar-refractivity contribution >= 4 is 0 Å². The molecule has 1 saturated heterocycles. The molecule has 0 aliphatic carbocycles. The van der Waals surface area contributed by atoms with Crippen molar-refractivity contribution in [2.45, 2.75) is 39.8 Å². The smallest absolute Gasteiger partial charge is 0.165 e. The van der Waals surface area contributed by atoms with Crippen LogP contribution in [-0.2, 0) is 0 Å². The Hall–Kier alpha value is -1.17. The Labute approximate surface area is 145 Å². The van der Waals surface area contributed by atoms with Gasteiger partial charge in [-0.05, 0) is 24.5 Å². The number of piperazine rings is 1. The maximum absolute atomic E-state index is 13.5. The van der Waals surface area contributed by atoms with Gasteiger partial charge in [0.2, 0.25) is 0 Å². The third-order valence-electron chi connectivity index (χ3n) is 4.07. The van der Waals surface area contributed by atoms with Crippen molar-refractivity contribution in [3.05, 3.63) is 36.6 Å². The first kappa shape index (κ1) is 19.2. The van der Waals surface area contributed by atoms with Crippen LogP contribution in [0.25, 0.3) is 0 Å². The number of halogens is 1. The lowest BCUT2D eigenvalue weighted by molar-refractivity contribution is 0.0308. The molecule has 1 N–H and O–H groups in total. The van der Waals surface area contributed by atoms with Crippen molar-refractivity contribution in [3.8, 4) is 5.75 Å². The van der Waals surface area contributed by atoms with Gasteiger partial charge in [0.25, 0.3) is 0 Å². The van der Waals surface area contributed by atoms with Crippen LogP contribution < -0.4 is 4.74 Å². The summed E-state index contributed by atoms with van der Waals surface area (Å²) in [5.74, 6) is -0.214. The molecule has 4 nitrogen and oxygen atoms in total. The molecule has 0 amide bonds. The van der Waals surface area contributed by atoms with Crippen LogP contribution in [0.1, 0.15) is 27.7 Å². The summed E-state index contributed by atoms with van der Waals surface area (Å²) in [7, 11) is 0. The van der Waals surface area contributed by atoms with Crippen molar-refractivity contribution in [2.24, 2.45) is 5.41 Å². The molecule has 135 valence electrons. The van der Waals surface area contributed by atoms with E-state index in [0.717, 1.165) is 19.6 Å². The Morgan fingerprint density at radius 3 is 2.62 bits per heavy atom. The van der Waals surface area contributed by atoms with Crippen LogP contribution >= 0.6 is 0 Å². The van der Waals surface area contributed by atoms with E-state index in [-0.39, 0.29) is 23.8 Å². The number of benzene rings is 1. The summed E-state index contributed by atoms with van der Waals surface area (Å²) in [4.78, 5) is 4.60. The lowest BCUT2D eigenvalue weighted by atomic mass is 9.95. The molecule has 0 saturated carbocycles. The fourth-order valence-corrected chi connectivity index (χ4v) is 3.00. The maximum atomic E-state index is 13.5. The van der Waals surface area contributed by atoms with Crippen molar-refractivity contribution in [2.75, 3.05) is 32.8 Å². The van der Waals surface area contributed by atoms with Crippen LogP contribution in [0.4, 0.5) is 4.39 Å². The minimum absolute atomic E-state index is 0.0931. The molecule has 0 aromatic heterocycles. The van der Waals surface area contributed by atoms with Crippen LogP contribution in [0.15, 0.2) is 24.3 Å². The number of ether oxygens (including phenoxy) is 1. The number of para-hydroxylation sites is 1. The molecule has 1 aliphatic rings. The number of β-amino-alcohol motifs (C(OH)–C–C–N with tert-alkyl or cyclic N) is 1. The number of nitrogens with zero attached hydrogens (tertiary/aromatic N) is 2. The highest BCUT2D eigenvalue weighted by molar-refractivity contribution is 5.23. The third-order valence-corrected chi connectivity index (χ3v) is 4.07. The molecule has 1 heterocycles. The molecule has 2 rings (SSSR count). The van der Waals surface area contributed by atoms with Gasteiger partial charge in [0, 0.05) is 38.8 Å². The monoisotopic (exact) mass is 337 g/mol. The molecule has 1 aliphatic heterocycles. The Balaban J connectivity index is 1.76. The SMILES string of the molecule is CC1[CH]N(CC(C)(C)C)CCN1CC(O)COc1ccccc1F. The predicted molar refractivity (Wildman–Crippen MR) is 94.3 cm³/mol. The van der Waals surface area contributed by atoms with Crippen molar-refractivity contribution in [1.82, 2.24) is 9.80 Å². The molecular formula is C19H30FN2O2. The number of aliphatic hydroxyl groups is 1. The lowest BCUT2D eigenvalue weighted by Gasteiger charge is -2.42. The van der Waals surface area contributed by atoms with Gasteiger partial charge in [0.1, 0.15) is 12.7 Å². The topological polar surface area (TPSA) is 35.9 Å². The van der Waals surface area contributed by atoms with E-state index in [9.17, 15) is 9.50 Å². The second-order valence-corrected chi connectivity index (χ2v) is 7.81. The normalized spacial score (nSPS) is 21.7. The standard InChI is InChI=1S/C19H30FN2O2/c1-15-11-21(14-19(2,3)4)9-10-22(15)12-16(23)13-24-18-8-6-5-7-17(18)20/h5-8,11,15-16,23H,9-10,12-14H2,1-4H3. The summed E-state index contributed by atoms with van der Waals surface area (Å²) >= 11 is 0. The highest BCUT2D eigenvalue weighted by Gasteiger charge is 2.28. The van der Waals surface area contributed by atoms with Crippen LogP contribution in [0, 0.1) is 17.8 Å². The van der Waals surface area contributed by atoms with Gasteiger partial charge in [-0.2, -0.15) is 0 Å². The van der Waals surface area contributed by atoms with Gasteiger partial charge in [0.05, 0.1) is 0 Å². The average Bonchev–Trinajstić information content (AvgIpc) is 2.48. The molecule has 1 radical (unpaired) electrons. The Bertz CT molecular complexity index is 518. The van der Waals surface area contributed by atoms with Gasteiger partial charge in [-0.3, -0.25) is 9.80 Å². The Kier molecular flexibility index (Phi) is 6.61. The second-order valence-electron chi connectivity index (χ2n) is 7.81. The number of rotatable bonds is 6. The molecule has 1 aromatic rings. The molecular weight excluding hydrogens is 307 g/mol. The summed E-state index contributed by atoms with van der Waals surface area (Å²) in [6.45, 7) is 14.6. The first-order chi connectivity index (χ1) is 11.2. The van der Waals surface area contributed by atoms with E-state index >= 15 is 0 Å². The van der Waals surface area contributed by atoms with E-state index in [1.165, 1.54) is 6.07 Å². The fourth-order valence-electron chi connectivity index (χ4n) is 3.00. The van der Waals surface area contributed by atoms with Crippen molar-refractivity contribution < 1.29 is 14.2 Å². The van der Waals surface area contributed by atoms with Gasteiger partial charge >= 0.3 is 0 Å². The van der Waals surface area contributed by atoms with Crippen LogP contribution in [0.5, 0.6) is 5.75 Å². The number of hydrogen-bond acceptors (Lipinski definition) is 4. The van der Waals surface area contributed by atoms with E-state index < -0.39 is 11.9 Å². The fraction of sp³-hybridized carbons (Fsp3) is 0.632.